The predicted molar refractivity (Wildman–Crippen MR) is 57.9 cm³/mol. The van der Waals surface area contributed by atoms with E-state index in [1.54, 1.807) is 0 Å². The second kappa shape index (κ2) is 4.59. The number of hydroxylamine groups is 4. The summed E-state index contributed by atoms with van der Waals surface area (Å²) in [5.74, 6) is -0.666. The maximum atomic E-state index is 11.9. The van der Waals surface area contributed by atoms with Crippen molar-refractivity contribution in [2.24, 2.45) is 0 Å². The monoisotopic (exact) mass is 295 g/mol. The standard InChI is InChI=1S/C8H13N3O7S/c1-9(14)7(12)6-3-2-5-4-10(6)8(13)11(5)18-19(15,16)17/h5-6,14H,2-4H2,1H3,(H,15,16,17)/t5-,6+/m1/s1. The summed E-state index contributed by atoms with van der Waals surface area (Å²) < 4.78 is 34.1. The van der Waals surface area contributed by atoms with E-state index in [2.05, 4.69) is 4.28 Å². The summed E-state index contributed by atoms with van der Waals surface area (Å²) in [6, 6.07) is -2.25. The minimum atomic E-state index is -4.80. The van der Waals surface area contributed by atoms with Crippen LogP contribution in [0, 0.1) is 0 Å². The van der Waals surface area contributed by atoms with Crippen molar-refractivity contribution in [2.75, 3.05) is 13.6 Å². The van der Waals surface area contributed by atoms with Gasteiger partial charge in [0.05, 0.1) is 6.04 Å². The number of fused-ring (bicyclic) bond motifs is 2. The number of amides is 3. The molecule has 0 spiro atoms. The largest absolute Gasteiger partial charge is 0.418 e. The van der Waals surface area contributed by atoms with E-state index in [1.165, 1.54) is 0 Å². The zero-order chi connectivity index (χ0) is 14.4. The van der Waals surface area contributed by atoms with E-state index in [-0.39, 0.29) is 13.0 Å². The van der Waals surface area contributed by atoms with Crippen molar-refractivity contribution in [3.05, 3.63) is 0 Å². The van der Waals surface area contributed by atoms with Gasteiger partial charge in [0.25, 0.3) is 5.91 Å². The fraction of sp³-hybridized carbons (Fsp3) is 0.750. The Labute approximate surface area is 109 Å². The van der Waals surface area contributed by atoms with Crippen LogP contribution >= 0.6 is 0 Å². The molecule has 0 aromatic rings. The van der Waals surface area contributed by atoms with Crippen molar-refractivity contribution in [1.82, 2.24) is 15.0 Å². The molecule has 108 valence electrons. The van der Waals surface area contributed by atoms with Crippen LogP contribution in [0.15, 0.2) is 0 Å². The van der Waals surface area contributed by atoms with Crippen LogP contribution < -0.4 is 0 Å². The lowest BCUT2D eigenvalue weighted by atomic mass is 10.0. The van der Waals surface area contributed by atoms with Gasteiger partial charge < -0.3 is 4.90 Å². The first-order valence-corrected chi connectivity index (χ1v) is 6.80. The number of carbonyl (C=O) groups excluding carboxylic acids is 2. The number of hydrogen-bond acceptors (Lipinski definition) is 6. The molecule has 0 aliphatic carbocycles. The highest BCUT2D eigenvalue weighted by molar-refractivity contribution is 7.80. The van der Waals surface area contributed by atoms with Crippen molar-refractivity contribution in [1.29, 1.82) is 0 Å². The normalized spacial score (nSPS) is 26.8. The number of rotatable bonds is 3. The van der Waals surface area contributed by atoms with Crippen molar-refractivity contribution >= 4 is 22.3 Å². The molecule has 2 aliphatic rings. The van der Waals surface area contributed by atoms with Crippen molar-refractivity contribution < 1.29 is 32.1 Å². The Morgan fingerprint density at radius 1 is 1.47 bits per heavy atom. The van der Waals surface area contributed by atoms with Crippen molar-refractivity contribution in [3.8, 4) is 0 Å². The van der Waals surface area contributed by atoms with Gasteiger partial charge in [-0.05, 0) is 12.8 Å². The van der Waals surface area contributed by atoms with Gasteiger partial charge in [0.15, 0.2) is 0 Å². The number of carbonyl (C=O) groups is 2. The molecule has 0 aromatic heterocycles. The molecule has 2 saturated heterocycles. The highest BCUT2D eigenvalue weighted by Crippen LogP contribution is 2.31. The first kappa shape index (κ1) is 14.0. The Morgan fingerprint density at radius 2 is 2.11 bits per heavy atom. The quantitative estimate of drug-likeness (QED) is 0.381. The summed E-state index contributed by atoms with van der Waals surface area (Å²) >= 11 is 0. The fourth-order valence-electron chi connectivity index (χ4n) is 2.30. The molecule has 19 heavy (non-hydrogen) atoms. The minimum Gasteiger partial charge on any atom is -0.309 e. The van der Waals surface area contributed by atoms with E-state index >= 15 is 0 Å². The highest BCUT2D eigenvalue weighted by Gasteiger charge is 2.49. The molecule has 0 radical (unpaired) electrons. The number of urea groups is 1. The molecule has 2 fully saturated rings. The average Bonchev–Trinajstić information content (AvgIpc) is 2.52. The van der Waals surface area contributed by atoms with Gasteiger partial charge in [0, 0.05) is 13.6 Å². The summed E-state index contributed by atoms with van der Waals surface area (Å²) in [7, 11) is -3.66. The predicted octanol–water partition coefficient (Wildman–Crippen LogP) is -1.16. The van der Waals surface area contributed by atoms with Crippen LogP contribution in [0.4, 0.5) is 4.79 Å². The summed E-state index contributed by atoms with van der Waals surface area (Å²) in [4.78, 5) is 24.7. The average molecular weight is 295 g/mol. The van der Waals surface area contributed by atoms with Crippen LogP contribution in [0.3, 0.4) is 0 Å². The van der Waals surface area contributed by atoms with E-state index in [4.69, 9.17) is 9.76 Å². The molecule has 0 aromatic carbocycles. The second-order valence-electron chi connectivity index (χ2n) is 4.37. The maximum Gasteiger partial charge on any atom is 0.418 e. The molecular weight excluding hydrogens is 282 g/mol. The lowest BCUT2D eigenvalue weighted by molar-refractivity contribution is -0.165. The van der Waals surface area contributed by atoms with Crippen LogP contribution in [0.2, 0.25) is 0 Å². The first-order chi connectivity index (χ1) is 8.70. The Morgan fingerprint density at radius 3 is 2.63 bits per heavy atom. The molecule has 2 rings (SSSR count). The third kappa shape index (κ3) is 2.63. The summed E-state index contributed by atoms with van der Waals surface area (Å²) in [6.45, 7) is 0.0958. The first-order valence-electron chi connectivity index (χ1n) is 5.44. The molecule has 2 N–H and O–H groups in total. The van der Waals surface area contributed by atoms with Gasteiger partial charge in [0.2, 0.25) is 0 Å². The Bertz CT molecular complexity index is 504. The number of piperidine rings is 1. The SMILES string of the molecule is CN(O)C(=O)[C@@H]1CC[C@@H]2CN1C(=O)N2OS(=O)(=O)O. The van der Waals surface area contributed by atoms with Crippen LogP contribution in [0.1, 0.15) is 12.8 Å². The van der Waals surface area contributed by atoms with Gasteiger partial charge in [-0.15, -0.1) is 4.28 Å². The number of nitrogens with zero attached hydrogens (tertiary/aromatic N) is 3. The van der Waals surface area contributed by atoms with Crippen molar-refractivity contribution in [2.45, 2.75) is 24.9 Å². The van der Waals surface area contributed by atoms with Crippen LogP contribution in [0.25, 0.3) is 0 Å². The molecule has 11 heteroatoms. The van der Waals surface area contributed by atoms with Crippen LogP contribution in [-0.4, -0.2) is 70.8 Å². The summed E-state index contributed by atoms with van der Waals surface area (Å²) in [5, 5.41) is 10.0. The summed E-state index contributed by atoms with van der Waals surface area (Å²) in [6.07, 6.45) is 0.591. The smallest absolute Gasteiger partial charge is 0.309 e. The van der Waals surface area contributed by atoms with Gasteiger partial charge >= 0.3 is 16.4 Å². The van der Waals surface area contributed by atoms with Gasteiger partial charge in [-0.1, -0.05) is 0 Å². The lowest BCUT2D eigenvalue weighted by Gasteiger charge is -2.30. The third-order valence-electron chi connectivity index (χ3n) is 3.10. The molecule has 2 aliphatic heterocycles. The fourth-order valence-corrected chi connectivity index (χ4v) is 2.69. The van der Waals surface area contributed by atoms with Crippen LogP contribution in [0.5, 0.6) is 0 Å². The molecular formula is C8H13N3O7S. The van der Waals surface area contributed by atoms with E-state index in [1.807, 2.05) is 0 Å². The van der Waals surface area contributed by atoms with E-state index in [0.717, 1.165) is 11.9 Å². The number of hydrogen-bond donors (Lipinski definition) is 2. The molecule has 2 heterocycles. The Hall–Kier alpha value is -1.43. The van der Waals surface area contributed by atoms with Gasteiger partial charge in [-0.3, -0.25) is 14.6 Å². The van der Waals surface area contributed by atoms with Gasteiger partial charge in [-0.2, -0.15) is 13.5 Å². The van der Waals surface area contributed by atoms with Gasteiger partial charge in [0.1, 0.15) is 6.04 Å². The zero-order valence-corrected chi connectivity index (χ0v) is 10.8. The molecule has 2 atom stereocenters. The van der Waals surface area contributed by atoms with Gasteiger partial charge in [-0.25, -0.2) is 9.86 Å². The maximum absolute atomic E-state index is 11.9. The molecule has 2 bridgehead atoms. The minimum absolute atomic E-state index is 0.0958. The third-order valence-corrected chi connectivity index (χ3v) is 3.45. The molecule has 10 nitrogen and oxygen atoms in total. The van der Waals surface area contributed by atoms with Crippen LogP contribution in [-0.2, 0) is 19.5 Å². The van der Waals surface area contributed by atoms with E-state index < -0.39 is 34.4 Å². The van der Waals surface area contributed by atoms with Crippen molar-refractivity contribution in [3.63, 3.8) is 0 Å². The lowest BCUT2D eigenvalue weighted by Crippen LogP contribution is -2.49. The molecule has 0 unspecified atom stereocenters. The topological polar surface area (TPSA) is 128 Å². The zero-order valence-electron chi connectivity index (χ0n) is 9.96. The highest BCUT2D eigenvalue weighted by atomic mass is 32.3. The molecule has 0 saturated carbocycles. The Kier molecular flexibility index (Phi) is 3.38. The Balaban J connectivity index is 2.18. The number of likely N-dealkylation sites (N-methyl/N-ethyl adjacent to an activating group) is 1. The van der Waals surface area contributed by atoms with E-state index in [9.17, 15) is 18.0 Å². The van der Waals surface area contributed by atoms with E-state index in [0.29, 0.717) is 16.5 Å². The summed E-state index contributed by atoms with van der Waals surface area (Å²) in [5.41, 5.74) is 0. The molecule has 3 amide bonds. The second-order valence-corrected chi connectivity index (χ2v) is 5.38.